The zero-order valence-corrected chi connectivity index (χ0v) is 35.2. The lowest BCUT2D eigenvalue weighted by Gasteiger charge is -2.47. The van der Waals surface area contributed by atoms with E-state index in [1.165, 1.54) is 21.0 Å². The van der Waals surface area contributed by atoms with Crippen LogP contribution >= 0.6 is 0 Å². The number of aliphatic hydroxyl groups is 2. The Kier molecular flexibility index (Phi) is 15.9. The van der Waals surface area contributed by atoms with E-state index >= 15 is 0 Å². The van der Waals surface area contributed by atoms with Gasteiger partial charge in [0.05, 0.1) is 29.6 Å². The third-order valence-corrected chi connectivity index (χ3v) is 11.9. The Morgan fingerprint density at radius 1 is 1.02 bits per heavy atom. The average molecular weight is 787 g/mol. The van der Waals surface area contributed by atoms with E-state index in [1.54, 1.807) is 47.0 Å². The first-order valence-electron chi connectivity index (χ1n) is 20.1. The van der Waals surface area contributed by atoms with Gasteiger partial charge in [0, 0.05) is 68.2 Å². The minimum absolute atomic E-state index is 0.125. The Morgan fingerprint density at radius 2 is 1.71 bits per heavy atom. The summed E-state index contributed by atoms with van der Waals surface area (Å²) in [6, 6.07) is 5.48. The van der Waals surface area contributed by atoms with E-state index in [4.69, 9.17) is 23.7 Å². The van der Waals surface area contributed by atoms with Crippen LogP contribution in [-0.2, 0) is 44.6 Å². The number of aromatic nitrogens is 3. The molecule has 14 heteroatoms. The first kappa shape index (κ1) is 45.6. The minimum atomic E-state index is -1.79. The number of methoxy groups -OCH3 is 1. The molecule has 0 saturated carbocycles. The number of pyridine rings is 1. The summed E-state index contributed by atoms with van der Waals surface area (Å²) >= 11 is 0. The van der Waals surface area contributed by atoms with Gasteiger partial charge < -0.3 is 38.8 Å². The molecule has 0 amide bonds. The fraction of sp³-hybridized carbons (Fsp3) is 0.738. The van der Waals surface area contributed by atoms with Gasteiger partial charge in [-0.25, -0.2) is 0 Å². The number of aliphatic hydroxyl groups excluding tert-OH is 1. The maximum absolute atomic E-state index is 14.4. The fourth-order valence-corrected chi connectivity index (χ4v) is 8.47. The molecule has 2 aromatic heterocycles. The van der Waals surface area contributed by atoms with Gasteiger partial charge in [-0.15, -0.1) is 0 Å². The van der Waals surface area contributed by atoms with Crippen LogP contribution in [0.1, 0.15) is 87.5 Å². The van der Waals surface area contributed by atoms with Gasteiger partial charge >= 0.3 is 5.97 Å². The molecule has 314 valence electrons. The molecule has 2 aromatic rings. The van der Waals surface area contributed by atoms with E-state index in [0.29, 0.717) is 25.8 Å². The molecule has 0 radical (unpaired) electrons. The highest BCUT2D eigenvalue weighted by molar-refractivity contribution is 6.00. The number of esters is 1. The van der Waals surface area contributed by atoms with Crippen molar-refractivity contribution in [2.45, 2.75) is 148 Å². The van der Waals surface area contributed by atoms with Crippen LogP contribution in [0, 0.1) is 23.7 Å². The lowest BCUT2D eigenvalue weighted by molar-refractivity contribution is -0.295. The molecular weight excluding hydrogens is 720 g/mol. The van der Waals surface area contributed by atoms with Gasteiger partial charge in [0.25, 0.3) is 0 Å². The van der Waals surface area contributed by atoms with Crippen LogP contribution < -0.4 is 0 Å². The summed E-state index contributed by atoms with van der Waals surface area (Å²) in [5, 5.41) is 28.2. The maximum Gasteiger partial charge on any atom is 0.316 e. The topological polar surface area (TPSA) is 172 Å². The van der Waals surface area contributed by atoms with Crippen molar-refractivity contribution in [1.82, 2.24) is 19.7 Å². The van der Waals surface area contributed by atoms with E-state index < -0.39 is 77.3 Å². The van der Waals surface area contributed by atoms with Crippen LogP contribution in [0.15, 0.2) is 36.8 Å². The number of carbonyl (C=O) groups is 3. The molecule has 2 saturated heterocycles. The molecule has 1 unspecified atom stereocenters. The summed E-state index contributed by atoms with van der Waals surface area (Å²) in [5.41, 5.74) is -1.30. The third kappa shape index (κ3) is 10.5. The van der Waals surface area contributed by atoms with Gasteiger partial charge in [0.2, 0.25) is 0 Å². The number of ketones is 2. The third-order valence-electron chi connectivity index (χ3n) is 11.9. The van der Waals surface area contributed by atoms with Crippen molar-refractivity contribution in [3.8, 4) is 11.3 Å². The van der Waals surface area contributed by atoms with Crippen molar-refractivity contribution in [1.29, 1.82) is 0 Å². The maximum atomic E-state index is 14.4. The van der Waals surface area contributed by atoms with Crippen LogP contribution in [0.25, 0.3) is 11.3 Å². The number of carbonyl (C=O) groups excluding carboxylic acids is 3. The molecule has 14 nitrogen and oxygen atoms in total. The van der Waals surface area contributed by atoms with E-state index in [2.05, 4.69) is 10.1 Å². The van der Waals surface area contributed by atoms with E-state index in [-0.39, 0.29) is 37.4 Å². The molecule has 4 heterocycles. The lowest BCUT2D eigenvalue weighted by Crippen LogP contribution is -2.60. The zero-order valence-electron chi connectivity index (χ0n) is 35.2. The Balaban J connectivity index is 1.59. The quantitative estimate of drug-likeness (QED) is 0.175. The lowest BCUT2D eigenvalue weighted by atomic mass is 9.74. The first-order chi connectivity index (χ1) is 26.4. The van der Waals surface area contributed by atoms with Crippen LogP contribution in [0.4, 0.5) is 0 Å². The van der Waals surface area contributed by atoms with Gasteiger partial charge in [0.1, 0.15) is 29.5 Å². The number of cyclic esters (lactones) is 1. The summed E-state index contributed by atoms with van der Waals surface area (Å²) in [5.74, 6) is -5.13. The summed E-state index contributed by atoms with van der Waals surface area (Å²) in [6.07, 6.45) is 2.04. The zero-order chi connectivity index (χ0) is 41.5. The van der Waals surface area contributed by atoms with Crippen LogP contribution in [-0.4, -0.2) is 129 Å². The Hall–Kier alpha value is -3.11. The monoisotopic (exact) mass is 786 g/mol. The van der Waals surface area contributed by atoms with Crippen LogP contribution in [0.3, 0.4) is 0 Å². The predicted molar refractivity (Wildman–Crippen MR) is 209 cm³/mol. The van der Waals surface area contributed by atoms with Crippen molar-refractivity contribution in [2.75, 3.05) is 27.8 Å². The van der Waals surface area contributed by atoms with Crippen LogP contribution in [0.5, 0.6) is 0 Å². The van der Waals surface area contributed by atoms with Gasteiger partial charge in [0.15, 0.2) is 12.1 Å². The van der Waals surface area contributed by atoms with Gasteiger partial charge in [-0.2, -0.15) is 5.10 Å². The molecule has 2 N–H and O–H groups in total. The number of ether oxygens (including phenoxy) is 5. The highest BCUT2D eigenvalue weighted by atomic mass is 16.7. The number of aryl methyl sites for hydroxylation is 1. The van der Waals surface area contributed by atoms with Crippen molar-refractivity contribution in [3.05, 3.63) is 36.8 Å². The number of hydrogen-bond donors (Lipinski definition) is 2. The van der Waals surface area contributed by atoms with E-state index in [0.717, 1.165) is 11.3 Å². The molecule has 0 spiro atoms. The number of unbranched alkanes of at least 4 members (excludes halogenated alkanes) is 1. The second-order valence-electron chi connectivity index (χ2n) is 16.6. The molecule has 4 rings (SSSR count). The summed E-state index contributed by atoms with van der Waals surface area (Å²) in [6.45, 7) is 14.5. The average Bonchev–Trinajstić information content (AvgIpc) is 3.65. The van der Waals surface area contributed by atoms with Gasteiger partial charge in [-0.3, -0.25) is 24.0 Å². The minimum Gasteiger partial charge on any atom is -0.459 e. The second kappa shape index (κ2) is 19.6. The number of Topliss-reactive ketones (excluding diaryl/α,β-unsaturated/α-hetero) is 2. The SMILES string of the molecule is CC[C@@H]1OC(=O)[C@H](C)C(=O)[C@H](C)[C@@H](O[C@@H]2O[C@H](C)C[C@H](N(C)C)[C@H]2O)[C@@](C)(OC)C[C@@H](C)C(=O)[C@@H](C)C(OCCCCn2ccc(-c3cccnc3)n2)[C@]1(C)O. The smallest absolute Gasteiger partial charge is 0.316 e. The number of likely N-dealkylation sites (N-methyl/N-ethyl adjacent to an activating group) is 1. The largest absolute Gasteiger partial charge is 0.459 e. The molecule has 56 heavy (non-hydrogen) atoms. The Bertz CT molecular complexity index is 1590. The van der Waals surface area contributed by atoms with Gasteiger partial charge in [-0.1, -0.05) is 27.7 Å². The molecular formula is C42H66N4O10. The number of nitrogens with zero attached hydrogens (tertiary/aromatic N) is 4. The molecule has 2 fully saturated rings. The highest BCUT2D eigenvalue weighted by Gasteiger charge is 2.52. The van der Waals surface area contributed by atoms with Crippen molar-refractivity contribution in [2.24, 2.45) is 23.7 Å². The number of hydrogen-bond acceptors (Lipinski definition) is 13. The standard InChI is InChI=1S/C42H66N4O10/c1-12-33-42(8,51)38(53-21-14-13-19-46-20-17-31(44-46)30-16-15-18-43-24-30)27(4)34(47)25(2)23-41(7,52-11)37(28(5)35(48)29(6)39(50)55-33)56-40-36(49)32(45(9)10)22-26(3)54-40/h15-18,20,24-29,32-33,36-38,40,49,51H,12-14,19,21-23H2,1-11H3/t25-,26-,27-,28+,29-,32+,33+,36-,37-,38?,40+,41+,42-/m1/s1. The van der Waals surface area contributed by atoms with Crippen molar-refractivity contribution in [3.63, 3.8) is 0 Å². The first-order valence-corrected chi connectivity index (χ1v) is 20.1. The Labute approximate surface area is 332 Å². The van der Waals surface area contributed by atoms with Crippen molar-refractivity contribution < 1.29 is 48.3 Å². The molecule has 2 aliphatic heterocycles. The molecule has 2 aliphatic rings. The molecule has 0 bridgehead atoms. The number of rotatable bonds is 12. The second-order valence-corrected chi connectivity index (χ2v) is 16.6. The van der Waals surface area contributed by atoms with Crippen LogP contribution in [0.2, 0.25) is 0 Å². The highest BCUT2D eigenvalue weighted by Crippen LogP contribution is 2.39. The fourth-order valence-electron chi connectivity index (χ4n) is 8.47. The predicted octanol–water partition coefficient (Wildman–Crippen LogP) is 4.49. The summed E-state index contributed by atoms with van der Waals surface area (Å²) < 4.78 is 33.0. The summed E-state index contributed by atoms with van der Waals surface area (Å²) in [7, 11) is 5.23. The molecule has 13 atom stereocenters. The molecule has 0 aliphatic carbocycles. The Morgan fingerprint density at radius 3 is 2.34 bits per heavy atom. The van der Waals surface area contributed by atoms with E-state index in [1.807, 2.05) is 55.0 Å². The van der Waals surface area contributed by atoms with Gasteiger partial charge in [-0.05, 0) is 92.1 Å². The summed E-state index contributed by atoms with van der Waals surface area (Å²) in [4.78, 5) is 48.4. The molecule has 0 aromatic carbocycles. The van der Waals surface area contributed by atoms with Crippen molar-refractivity contribution >= 4 is 17.5 Å². The normalized spacial score (nSPS) is 36.7. The van der Waals surface area contributed by atoms with E-state index in [9.17, 15) is 24.6 Å².